The van der Waals surface area contributed by atoms with Gasteiger partial charge in [-0.25, -0.2) is 8.42 Å². The van der Waals surface area contributed by atoms with E-state index in [0.29, 0.717) is 26.4 Å². The molecule has 1 aromatic heterocycles. The Morgan fingerprint density at radius 1 is 0.649 bits per heavy atom. The first kappa shape index (κ1) is 22.8. The maximum Gasteiger partial charge on any atom is 0.494 e. The molecule has 0 bridgehead atoms. The van der Waals surface area contributed by atoms with E-state index in [1.807, 2.05) is 94.4 Å². The molecule has 1 fully saturated rings. The van der Waals surface area contributed by atoms with E-state index < -0.39 is 28.2 Å². The molecule has 0 amide bonds. The van der Waals surface area contributed by atoms with Crippen LogP contribution in [0.25, 0.3) is 44.2 Å². The number of benzene rings is 4. The lowest BCUT2D eigenvalue weighted by atomic mass is 9.78. The summed E-state index contributed by atoms with van der Waals surface area (Å²) in [6, 6.07) is 25.0. The summed E-state index contributed by atoms with van der Waals surface area (Å²) >= 11 is 0. The first-order valence-corrected chi connectivity index (χ1v) is 13.8. The summed E-state index contributed by atoms with van der Waals surface area (Å²) in [5.74, 6) is 0. The Kier molecular flexibility index (Phi) is 4.52. The smallest absolute Gasteiger partial charge is 0.456 e. The molecule has 7 heteroatoms. The van der Waals surface area contributed by atoms with Crippen LogP contribution in [0.3, 0.4) is 0 Å². The molecule has 2 aliphatic heterocycles. The standard InChI is InChI=1S/C30H25BO5S/c1-29(2)30(3,4)36-31(35-29)20-11-14-24-23-13-10-19(16-27(23)37(32,33)28(24)17-20)18-9-12-22-21-7-5-6-8-25(21)34-26(22)15-18/h5-17H,1-4H3. The van der Waals surface area contributed by atoms with Crippen molar-refractivity contribution in [3.8, 4) is 22.3 Å². The van der Waals surface area contributed by atoms with E-state index in [4.69, 9.17) is 13.7 Å². The van der Waals surface area contributed by atoms with Gasteiger partial charge >= 0.3 is 7.12 Å². The second-order valence-corrected chi connectivity index (χ2v) is 12.8. The minimum absolute atomic E-state index is 0.291. The van der Waals surface area contributed by atoms with Gasteiger partial charge in [-0.1, -0.05) is 48.5 Å². The highest BCUT2D eigenvalue weighted by atomic mass is 32.2. The molecule has 0 saturated carbocycles. The number of hydrogen-bond acceptors (Lipinski definition) is 5. The van der Waals surface area contributed by atoms with Crippen LogP contribution in [0, 0.1) is 0 Å². The zero-order valence-electron chi connectivity index (χ0n) is 21.0. The Bertz CT molecular complexity index is 1850. The van der Waals surface area contributed by atoms with Gasteiger partial charge in [-0.3, -0.25) is 0 Å². The third-order valence-electron chi connectivity index (χ3n) is 8.09. The SMILES string of the molecule is CC1(C)OB(c2ccc3c(c2)S(=O)(=O)c2cc(-c4ccc5c(c4)oc4ccccc45)ccc2-3)OC1(C)C. The van der Waals surface area contributed by atoms with Gasteiger partial charge in [0.05, 0.1) is 21.0 Å². The summed E-state index contributed by atoms with van der Waals surface area (Å²) in [7, 11) is -4.33. The number of sulfone groups is 1. The van der Waals surface area contributed by atoms with Crippen molar-refractivity contribution in [2.24, 2.45) is 0 Å². The minimum atomic E-state index is -3.70. The van der Waals surface area contributed by atoms with Gasteiger partial charge in [0.2, 0.25) is 9.84 Å². The summed E-state index contributed by atoms with van der Waals surface area (Å²) in [5.41, 5.74) is 4.43. The van der Waals surface area contributed by atoms with Crippen molar-refractivity contribution in [2.45, 2.75) is 48.7 Å². The second kappa shape index (κ2) is 7.35. The number of furan rings is 1. The lowest BCUT2D eigenvalue weighted by molar-refractivity contribution is 0.00578. The zero-order valence-corrected chi connectivity index (χ0v) is 21.8. The number of rotatable bonds is 2. The Morgan fingerprint density at radius 3 is 2.00 bits per heavy atom. The van der Waals surface area contributed by atoms with Crippen LogP contribution < -0.4 is 5.46 Å². The highest BCUT2D eigenvalue weighted by molar-refractivity contribution is 7.92. The van der Waals surface area contributed by atoms with E-state index in [1.54, 1.807) is 12.1 Å². The molecule has 1 saturated heterocycles. The molecular formula is C30H25BO5S. The van der Waals surface area contributed by atoms with Crippen molar-refractivity contribution in [2.75, 3.05) is 0 Å². The lowest BCUT2D eigenvalue weighted by Crippen LogP contribution is -2.41. The van der Waals surface area contributed by atoms with Crippen LogP contribution >= 0.6 is 0 Å². The monoisotopic (exact) mass is 508 g/mol. The molecule has 0 unspecified atom stereocenters. The average Bonchev–Trinajstić information content (AvgIpc) is 3.43. The number of fused-ring (bicyclic) bond motifs is 6. The van der Waals surface area contributed by atoms with Gasteiger partial charge < -0.3 is 13.7 Å². The first-order chi connectivity index (χ1) is 17.5. The summed E-state index contributed by atoms with van der Waals surface area (Å²) in [5, 5.41) is 2.10. The van der Waals surface area contributed by atoms with Gasteiger partial charge in [0, 0.05) is 21.9 Å². The van der Waals surface area contributed by atoms with Crippen LogP contribution in [-0.4, -0.2) is 26.7 Å². The fourth-order valence-corrected chi connectivity index (χ4v) is 7.03. The van der Waals surface area contributed by atoms with Crippen molar-refractivity contribution in [3.63, 3.8) is 0 Å². The molecule has 184 valence electrons. The third kappa shape index (κ3) is 3.21. The van der Waals surface area contributed by atoms with Crippen molar-refractivity contribution in [3.05, 3.63) is 78.9 Å². The van der Waals surface area contributed by atoms with Crippen LogP contribution in [0.2, 0.25) is 0 Å². The Balaban J connectivity index is 1.29. The lowest BCUT2D eigenvalue weighted by Gasteiger charge is -2.32. The topological polar surface area (TPSA) is 65.7 Å². The molecule has 4 aromatic carbocycles. The molecule has 3 heterocycles. The van der Waals surface area contributed by atoms with Gasteiger partial charge in [-0.05, 0) is 74.6 Å². The maximum atomic E-state index is 13.7. The normalized spacial score (nSPS) is 18.9. The van der Waals surface area contributed by atoms with Crippen molar-refractivity contribution < 1.29 is 22.1 Å². The minimum Gasteiger partial charge on any atom is -0.456 e. The highest BCUT2D eigenvalue weighted by Crippen LogP contribution is 2.45. The number of para-hydroxylation sites is 1. The zero-order chi connectivity index (χ0) is 25.7. The Hall–Kier alpha value is -3.39. The third-order valence-corrected chi connectivity index (χ3v) is 9.93. The molecule has 5 nitrogen and oxygen atoms in total. The molecular weight excluding hydrogens is 483 g/mol. The van der Waals surface area contributed by atoms with Crippen LogP contribution in [-0.2, 0) is 19.1 Å². The van der Waals surface area contributed by atoms with Gasteiger partial charge in [-0.15, -0.1) is 0 Å². The van der Waals surface area contributed by atoms with E-state index in [1.165, 1.54) is 0 Å². The van der Waals surface area contributed by atoms with Crippen LogP contribution in [0.1, 0.15) is 27.7 Å². The molecule has 7 rings (SSSR count). The fourth-order valence-electron chi connectivity index (χ4n) is 5.28. The quantitative estimate of drug-likeness (QED) is 0.255. The van der Waals surface area contributed by atoms with E-state index in [9.17, 15) is 8.42 Å². The van der Waals surface area contributed by atoms with E-state index >= 15 is 0 Å². The molecule has 0 N–H and O–H groups in total. The van der Waals surface area contributed by atoms with Gasteiger partial charge in [0.1, 0.15) is 11.2 Å². The van der Waals surface area contributed by atoms with Crippen molar-refractivity contribution >= 4 is 44.4 Å². The molecule has 0 radical (unpaired) electrons. The average molecular weight is 508 g/mol. The molecule has 0 aliphatic carbocycles. The maximum absolute atomic E-state index is 13.7. The van der Waals surface area contributed by atoms with Crippen molar-refractivity contribution in [1.29, 1.82) is 0 Å². The van der Waals surface area contributed by atoms with Crippen molar-refractivity contribution in [1.82, 2.24) is 0 Å². The highest BCUT2D eigenvalue weighted by Gasteiger charge is 2.52. The molecule has 2 aliphatic rings. The van der Waals surface area contributed by atoms with E-state index in [2.05, 4.69) is 0 Å². The predicted molar refractivity (Wildman–Crippen MR) is 146 cm³/mol. The van der Waals surface area contributed by atoms with E-state index in [0.717, 1.165) is 33.1 Å². The molecule has 5 aromatic rings. The molecule has 0 spiro atoms. The second-order valence-electron chi connectivity index (χ2n) is 10.9. The molecule has 37 heavy (non-hydrogen) atoms. The van der Waals surface area contributed by atoms with Gasteiger partial charge in [-0.2, -0.15) is 0 Å². The number of hydrogen-bond donors (Lipinski definition) is 0. The van der Waals surface area contributed by atoms with Gasteiger partial charge in [0.15, 0.2) is 0 Å². The summed E-state index contributed by atoms with van der Waals surface area (Å²) in [6.45, 7) is 7.93. The van der Waals surface area contributed by atoms with Crippen LogP contribution in [0.5, 0.6) is 0 Å². The Labute approximate surface area is 216 Å². The summed E-state index contributed by atoms with van der Waals surface area (Å²) in [4.78, 5) is 0.607. The predicted octanol–water partition coefficient (Wildman–Crippen LogP) is 6.37. The molecule has 0 atom stereocenters. The fraction of sp³-hybridized carbons (Fsp3) is 0.200. The summed E-state index contributed by atoms with van der Waals surface area (Å²) < 4.78 is 45.8. The summed E-state index contributed by atoms with van der Waals surface area (Å²) in [6.07, 6.45) is 0. The van der Waals surface area contributed by atoms with Crippen LogP contribution in [0.15, 0.2) is 93.1 Å². The van der Waals surface area contributed by atoms with Gasteiger partial charge in [0.25, 0.3) is 0 Å². The van der Waals surface area contributed by atoms with E-state index in [-0.39, 0.29) is 0 Å². The Morgan fingerprint density at radius 2 is 1.24 bits per heavy atom. The van der Waals surface area contributed by atoms with Crippen LogP contribution in [0.4, 0.5) is 0 Å². The largest absolute Gasteiger partial charge is 0.494 e. The first-order valence-electron chi connectivity index (χ1n) is 12.4.